The van der Waals surface area contributed by atoms with E-state index in [2.05, 4.69) is 0 Å². The molecule has 0 radical (unpaired) electrons. The van der Waals surface area contributed by atoms with Gasteiger partial charge >= 0.3 is 0 Å². The molecular formula is C18H14N2O5S. The van der Waals surface area contributed by atoms with Crippen molar-refractivity contribution in [3.63, 3.8) is 0 Å². The molecule has 3 rings (SSSR count). The van der Waals surface area contributed by atoms with E-state index < -0.39 is 10.8 Å². The molecule has 2 amide bonds. The second kappa shape index (κ2) is 7.40. The van der Waals surface area contributed by atoms with Crippen LogP contribution in [0.1, 0.15) is 11.1 Å². The zero-order valence-corrected chi connectivity index (χ0v) is 14.6. The number of carbonyl (C=O) groups excluding carboxylic acids is 2. The molecule has 1 aliphatic heterocycles. The molecular weight excluding hydrogens is 356 g/mol. The number of carbonyl (C=O) groups is 2. The summed E-state index contributed by atoms with van der Waals surface area (Å²) >= 11 is 0.818. The minimum Gasteiger partial charge on any atom is -0.497 e. The van der Waals surface area contributed by atoms with Crippen LogP contribution in [0.2, 0.25) is 0 Å². The van der Waals surface area contributed by atoms with Gasteiger partial charge in [-0.05, 0) is 41.1 Å². The average molecular weight is 370 g/mol. The fraction of sp³-hybridized carbons (Fsp3) is 0.111. The number of rotatable bonds is 5. The second-order valence-electron chi connectivity index (χ2n) is 5.47. The summed E-state index contributed by atoms with van der Waals surface area (Å²) in [7, 11) is 1.54. The minimum absolute atomic E-state index is 0.0747. The van der Waals surface area contributed by atoms with Crippen LogP contribution in [-0.2, 0) is 11.3 Å². The highest BCUT2D eigenvalue weighted by Crippen LogP contribution is 2.34. The van der Waals surface area contributed by atoms with E-state index in [9.17, 15) is 19.7 Å². The van der Waals surface area contributed by atoms with Crippen LogP contribution in [0.3, 0.4) is 0 Å². The summed E-state index contributed by atoms with van der Waals surface area (Å²) in [5.74, 6) is 0.218. The molecule has 2 aromatic rings. The lowest BCUT2D eigenvalue weighted by molar-refractivity contribution is -0.384. The molecule has 0 aliphatic carbocycles. The van der Waals surface area contributed by atoms with Gasteiger partial charge in [0.1, 0.15) is 5.75 Å². The van der Waals surface area contributed by atoms with E-state index in [0.717, 1.165) is 22.2 Å². The largest absolute Gasteiger partial charge is 0.497 e. The van der Waals surface area contributed by atoms with Gasteiger partial charge in [0.15, 0.2) is 0 Å². The number of thioether (sulfide) groups is 1. The molecule has 0 spiro atoms. The van der Waals surface area contributed by atoms with E-state index in [1.807, 2.05) is 0 Å². The van der Waals surface area contributed by atoms with Crippen LogP contribution in [0.4, 0.5) is 10.5 Å². The number of nitro groups is 1. The van der Waals surface area contributed by atoms with Crippen LogP contribution >= 0.6 is 11.8 Å². The smallest absolute Gasteiger partial charge is 0.293 e. The molecule has 1 saturated heterocycles. The molecule has 0 unspecified atom stereocenters. The highest BCUT2D eigenvalue weighted by molar-refractivity contribution is 8.18. The van der Waals surface area contributed by atoms with Gasteiger partial charge in [-0.3, -0.25) is 24.6 Å². The van der Waals surface area contributed by atoms with Gasteiger partial charge in [-0.1, -0.05) is 24.3 Å². The van der Waals surface area contributed by atoms with Crippen molar-refractivity contribution in [2.45, 2.75) is 6.54 Å². The van der Waals surface area contributed by atoms with Gasteiger partial charge in [-0.25, -0.2) is 0 Å². The molecule has 0 N–H and O–H groups in total. The third-order valence-corrected chi connectivity index (χ3v) is 4.63. The van der Waals surface area contributed by atoms with Gasteiger partial charge in [0, 0.05) is 12.1 Å². The Kier molecular flexibility index (Phi) is 5.04. The first-order valence-electron chi connectivity index (χ1n) is 7.60. The summed E-state index contributed by atoms with van der Waals surface area (Å²) < 4.78 is 5.14. The fourth-order valence-electron chi connectivity index (χ4n) is 2.47. The molecule has 2 aromatic carbocycles. The molecule has 1 aliphatic rings. The van der Waals surface area contributed by atoms with Crippen LogP contribution in [0, 0.1) is 10.1 Å². The molecule has 132 valence electrons. The highest BCUT2D eigenvalue weighted by Gasteiger charge is 2.35. The molecule has 7 nitrogen and oxygen atoms in total. The topological polar surface area (TPSA) is 89.8 Å². The molecule has 0 bridgehead atoms. The quantitative estimate of drug-likeness (QED) is 0.451. The van der Waals surface area contributed by atoms with Crippen LogP contribution in [0.15, 0.2) is 53.4 Å². The Labute approximate surface area is 153 Å². The van der Waals surface area contributed by atoms with Crippen molar-refractivity contribution in [3.8, 4) is 5.75 Å². The van der Waals surface area contributed by atoms with Crippen molar-refractivity contribution in [2.75, 3.05) is 7.11 Å². The number of ether oxygens (including phenoxy) is 1. The lowest BCUT2D eigenvalue weighted by atomic mass is 10.1. The standard InChI is InChI=1S/C18H14N2O5S/c1-25-15-7-3-5-13(9-15)11-19-17(21)16(26-18(19)22)10-12-4-2-6-14(8-12)20(23)24/h2-10H,11H2,1H3. The first-order valence-corrected chi connectivity index (χ1v) is 8.42. The zero-order valence-electron chi connectivity index (χ0n) is 13.7. The van der Waals surface area contributed by atoms with Crippen LogP contribution < -0.4 is 4.74 Å². The Balaban J connectivity index is 1.82. The van der Waals surface area contributed by atoms with Crippen molar-refractivity contribution in [1.82, 2.24) is 4.90 Å². The lowest BCUT2D eigenvalue weighted by Crippen LogP contribution is -2.27. The first kappa shape index (κ1) is 17.7. The van der Waals surface area contributed by atoms with Gasteiger partial charge in [0.05, 0.1) is 23.5 Å². The summed E-state index contributed by atoms with van der Waals surface area (Å²) in [5, 5.41) is 10.5. The van der Waals surface area contributed by atoms with Crippen molar-refractivity contribution in [3.05, 3.63) is 74.7 Å². The maximum absolute atomic E-state index is 12.5. The fourth-order valence-corrected chi connectivity index (χ4v) is 3.31. The number of methoxy groups -OCH3 is 1. The van der Waals surface area contributed by atoms with Gasteiger partial charge in [0.2, 0.25) is 0 Å². The molecule has 0 atom stereocenters. The Morgan fingerprint density at radius 3 is 2.69 bits per heavy atom. The van der Waals surface area contributed by atoms with Gasteiger partial charge in [-0.2, -0.15) is 0 Å². The molecule has 0 saturated carbocycles. The van der Waals surface area contributed by atoms with E-state index >= 15 is 0 Å². The molecule has 0 aromatic heterocycles. The maximum Gasteiger partial charge on any atom is 0.293 e. The lowest BCUT2D eigenvalue weighted by Gasteiger charge is -2.13. The van der Waals surface area contributed by atoms with E-state index in [0.29, 0.717) is 11.3 Å². The first-order chi connectivity index (χ1) is 12.5. The SMILES string of the molecule is COc1cccc(CN2C(=O)SC(=Cc3cccc([N+](=O)[O-])c3)C2=O)c1. The second-order valence-corrected chi connectivity index (χ2v) is 6.46. The van der Waals surface area contributed by atoms with Crippen molar-refractivity contribution in [2.24, 2.45) is 0 Å². The summed E-state index contributed by atoms with van der Waals surface area (Å²) in [5.41, 5.74) is 1.18. The number of amides is 2. The summed E-state index contributed by atoms with van der Waals surface area (Å²) in [4.78, 5) is 36.5. The molecule has 1 fully saturated rings. The van der Waals surface area contributed by atoms with Gasteiger partial charge in [0.25, 0.3) is 16.8 Å². The van der Waals surface area contributed by atoms with Crippen LogP contribution in [0.5, 0.6) is 5.75 Å². The van der Waals surface area contributed by atoms with Crippen LogP contribution in [0.25, 0.3) is 6.08 Å². The average Bonchev–Trinajstić information content (AvgIpc) is 2.89. The Morgan fingerprint density at radius 2 is 1.96 bits per heavy atom. The maximum atomic E-state index is 12.5. The normalized spacial score (nSPS) is 15.6. The number of nitro benzene ring substituents is 1. The number of non-ortho nitro benzene ring substituents is 1. The Bertz CT molecular complexity index is 925. The monoisotopic (exact) mass is 370 g/mol. The molecule has 1 heterocycles. The summed E-state index contributed by atoms with van der Waals surface area (Å²) in [6, 6.07) is 13.0. The van der Waals surface area contributed by atoms with E-state index in [1.165, 1.54) is 24.3 Å². The third-order valence-electron chi connectivity index (χ3n) is 3.73. The Hall–Kier alpha value is -3.13. The number of hydrogen-bond donors (Lipinski definition) is 0. The zero-order chi connectivity index (χ0) is 18.7. The van der Waals surface area contributed by atoms with Crippen molar-refractivity contribution in [1.29, 1.82) is 0 Å². The van der Waals surface area contributed by atoms with Crippen molar-refractivity contribution >= 4 is 34.7 Å². The predicted octanol–water partition coefficient (Wildman–Crippen LogP) is 3.84. The van der Waals surface area contributed by atoms with Gasteiger partial charge < -0.3 is 4.74 Å². The molecule has 8 heteroatoms. The predicted molar refractivity (Wildman–Crippen MR) is 97.6 cm³/mol. The van der Waals surface area contributed by atoms with Crippen molar-refractivity contribution < 1.29 is 19.2 Å². The number of hydrogen-bond acceptors (Lipinski definition) is 6. The number of nitrogens with zero attached hydrogens (tertiary/aromatic N) is 2. The van der Waals surface area contributed by atoms with Crippen LogP contribution in [-0.4, -0.2) is 28.1 Å². The Morgan fingerprint density at radius 1 is 1.19 bits per heavy atom. The minimum atomic E-state index is -0.508. The van der Waals surface area contributed by atoms with E-state index in [-0.39, 0.29) is 22.4 Å². The highest BCUT2D eigenvalue weighted by atomic mass is 32.2. The number of benzene rings is 2. The van der Waals surface area contributed by atoms with Gasteiger partial charge in [-0.15, -0.1) is 0 Å². The van der Waals surface area contributed by atoms with E-state index in [1.54, 1.807) is 37.4 Å². The molecule has 26 heavy (non-hydrogen) atoms. The summed E-state index contributed by atoms with van der Waals surface area (Å²) in [6.45, 7) is 0.133. The van der Waals surface area contributed by atoms with E-state index in [4.69, 9.17) is 4.74 Å². The third kappa shape index (κ3) is 3.75. The summed E-state index contributed by atoms with van der Waals surface area (Å²) in [6.07, 6.45) is 1.49. The number of imide groups is 1.